The van der Waals surface area contributed by atoms with E-state index >= 15 is 0 Å². The zero-order valence-electron chi connectivity index (χ0n) is 33.1. The van der Waals surface area contributed by atoms with Crippen molar-refractivity contribution in [1.29, 1.82) is 0 Å². The maximum Gasteiger partial charge on any atom is 0.119 e. The maximum atomic E-state index is 6.51. The van der Waals surface area contributed by atoms with Crippen molar-refractivity contribution in [2.24, 2.45) is 0 Å². The number of nitrogens with one attached hydrogen (secondary N) is 1. The SMILES string of the molecule is Cc1ccc(Nc2ccccc2)c(/C=C/C(OC(C)C)c2ccc(OCc3ccccc3)cc2)c1/C=C/C(OC(C)C)c1ccc(OCc2ccccc2)cc1. The summed E-state index contributed by atoms with van der Waals surface area (Å²) in [6.45, 7) is 11.5. The van der Waals surface area contributed by atoms with E-state index in [1.54, 1.807) is 0 Å². The fourth-order valence-corrected chi connectivity index (χ4v) is 6.35. The normalized spacial score (nSPS) is 12.7. The predicted octanol–water partition coefficient (Wildman–Crippen LogP) is 13.3. The van der Waals surface area contributed by atoms with E-state index in [9.17, 15) is 0 Å². The Bertz CT molecular complexity index is 2130. The number of hydrogen-bond acceptors (Lipinski definition) is 5. The van der Waals surface area contributed by atoms with E-state index in [2.05, 4.69) is 137 Å². The summed E-state index contributed by atoms with van der Waals surface area (Å²) in [6.07, 6.45) is 8.17. The lowest BCUT2D eigenvalue weighted by atomic mass is 9.96. The van der Waals surface area contributed by atoms with Crippen molar-refractivity contribution in [3.63, 3.8) is 0 Å². The van der Waals surface area contributed by atoms with E-state index in [0.29, 0.717) is 13.2 Å². The lowest BCUT2D eigenvalue weighted by molar-refractivity contribution is 0.0350. The highest BCUT2D eigenvalue weighted by molar-refractivity contribution is 5.80. The number of anilines is 2. The fraction of sp³-hybridized carbons (Fsp3) is 0.216. The third-order valence-electron chi connectivity index (χ3n) is 9.18. The average Bonchev–Trinajstić information content (AvgIpc) is 3.22. The molecule has 6 rings (SSSR count). The standard InChI is InChI=1S/C51H53NO4/c1-37(2)55-50(42-22-26-45(27-23-42)53-35-40-15-9-6-10-16-40)33-30-47-39(5)21-32-49(52-44-19-13-8-14-20-44)48(47)31-34-51(56-38(3)4)43-24-28-46(29-25-43)54-36-41-17-11-7-12-18-41/h6-34,37-38,50-52H,35-36H2,1-5H3/b33-30+,34-31+. The van der Waals surface area contributed by atoms with Gasteiger partial charge in [0.25, 0.3) is 0 Å². The molecule has 6 aromatic carbocycles. The highest BCUT2D eigenvalue weighted by Gasteiger charge is 2.16. The van der Waals surface area contributed by atoms with E-state index in [1.807, 2.05) is 78.9 Å². The second-order valence-electron chi connectivity index (χ2n) is 14.4. The van der Waals surface area contributed by atoms with Gasteiger partial charge in [-0.25, -0.2) is 0 Å². The molecule has 0 bridgehead atoms. The summed E-state index contributed by atoms with van der Waals surface area (Å²) in [6, 6.07) is 51.4. The van der Waals surface area contributed by atoms with Gasteiger partial charge in [-0.05, 0) is 110 Å². The number of para-hydroxylation sites is 1. The van der Waals surface area contributed by atoms with Crippen molar-refractivity contribution < 1.29 is 18.9 Å². The third-order valence-corrected chi connectivity index (χ3v) is 9.18. The molecule has 2 unspecified atom stereocenters. The number of ether oxygens (including phenoxy) is 4. The molecule has 0 aromatic heterocycles. The Kier molecular flexibility index (Phi) is 14.3. The van der Waals surface area contributed by atoms with Crippen LogP contribution in [0.4, 0.5) is 11.4 Å². The first-order valence-corrected chi connectivity index (χ1v) is 19.5. The molecule has 0 spiro atoms. The predicted molar refractivity (Wildman–Crippen MR) is 231 cm³/mol. The minimum absolute atomic E-state index is 0.0153. The van der Waals surface area contributed by atoms with E-state index in [4.69, 9.17) is 18.9 Å². The van der Waals surface area contributed by atoms with Gasteiger partial charge in [-0.1, -0.05) is 133 Å². The van der Waals surface area contributed by atoms with Crippen LogP contribution >= 0.6 is 0 Å². The van der Waals surface area contributed by atoms with Crippen molar-refractivity contribution in [3.8, 4) is 11.5 Å². The molecule has 2 atom stereocenters. The van der Waals surface area contributed by atoms with Crippen molar-refractivity contribution in [1.82, 2.24) is 0 Å². The van der Waals surface area contributed by atoms with Crippen LogP contribution in [-0.4, -0.2) is 12.2 Å². The van der Waals surface area contributed by atoms with Gasteiger partial charge in [0.1, 0.15) is 36.9 Å². The Labute approximate surface area is 333 Å². The van der Waals surface area contributed by atoms with Crippen molar-refractivity contribution in [3.05, 3.63) is 203 Å². The molecule has 0 saturated carbocycles. The van der Waals surface area contributed by atoms with Crippen LogP contribution in [0.1, 0.15) is 78.8 Å². The Hall–Kier alpha value is -5.88. The lowest BCUT2D eigenvalue weighted by Crippen LogP contribution is -2.09. The number of hydrogen-bond donors (Lipinski definition) is 1. The van der Waals surface area contributed by atoms with Gasteiger partial charge in [0.2, 0.25) is 0 Å². The van der Waals surface area contributed by atoms with Gasteiger partial charge in [-0.2, -0.15) is 0 Å². The molecule has 0 heterocycles. The molecule has 286 valence electrons. The molecule has 6 aromatic rings. The van der Waals surface area contributed by atoms with Crippen molar-refractivity contribution in [2.45, 2.75) is 72.2 Å². The molecule has 0 aliphatic rings. The summed E-state index contributed by atoms with van der Waals surface area (Å²) in [7, 11) is 0. The van der Waals surface area contributed by atoms with Crippen LogP contribution < -0.4 is 14.8 Å². The van der Waals surface area contributed by atoms with Gasteiger partial charge in [0.15, 0.2) is 0 Å². The highest BCUT2D eigenvalue weighted by atomic mass is 16.5. The molecule has 0 radical (unpaired) electrons. The molecule has 5 nitrogen and oxygen atoms in total. The first-order chi connectivity index (χ1) is 27.3. The Morgan fingerprint density at radius 3 is 1.36 bits per heavy atom. The summed E-state index contributed by atoms with van der Waals surface area (Å²) in [5, 5.41) is 3.67. The number of aryl methyl sites for hydroxylation is 1. The molecule has 0 fully saturated rings. The van der Waals surface area contributed by atoms with Gasteiger partial charge >= 0.3 is 0 Å². The first kappa shape index (κ1) is 39.8. The minimum atomic E-state index is -0.278. The van der Waals surface area contributed by atoms with Gasteiger partial charge in [0, 0.05) is 16.9 Å². The fourth-order valence-electron chi connectivity index (χ4n) is 6.35. The zero-order chi connectivity index (χ0) is 39.1. The average molecular weight is 744 g/mol. The minimum Gasteiger partial charge on any atom is -0.489 e. The smallest absolute Gasteiger partial charge is 0.119 e. The molecule has 0 saturated heterocycles. The van der Waals surface area contributed by atoms with Gasteiger partial charge in [-0.3, -0.25) is 0 Å². The molecular formula is C51H53NO4. The second-order valence-corrected chi connectivity index (χ2v) is 14.4. The topological polar surface area (TPSA) is 49.0 Å². The Morgan fingerprint density at radius 2 is 0.911 bits per heavy atom. The van der Waals surface area contributed by atoms with Gasteiger partial charge in [-0.15, -0.1) is 0 Å². The van der Waals surface area contributed by atoms with Gasteiger partial charge in [0.05, 0.1) is 12.2 Å². The summed E-state index contributed by atoms with van der Waals surface area (Å²) in [5.74, 6) is 1.64. The first-order valence-electron chi connectivity index (χ1n) is 19.5. The second kappa shape index (κ2) is 20.2. The van der Waals surface area contributed by atoms with E-state index < -0.39 is 0 Å². The number of benzene rings is 6. The third kappa shape index (κ3) is 11.8. The highest BCUT2D eigenvalue weighted by Crippen LogP contribution is 2.33. The van der Waals surface area contributed by atoms with Crippen molar-refractivity contribution >= 4 is 23.5 Å². The quantitative estimate of drug-likeness (QED) is 0.0950. The Balaban J connectivity index is 1.29. The number of rotatable bonds is 18. The molecule has 56 heavy (non-hydrogen) atoms. The van der Waals surface area contributed by atoms with Gasteiger partial charge < -0.3 is 24.3 Å². The van der Waals surface area contributed by atoms with E-state index in [-0.39, 0.29) is 24.4 Å². The largest absolute Gasteiger partial charge is 0.489 e. The molecule has 1 N–H and O–H groups in total. The summed E-state index contributed by atoms with van der Waals surface area (Å²) >= 11 is 0. The summed E-state index contributed by atoms with van der Waals surface area (Å²) < 4.78 is 25.2. The van der Waals surface area contributed by atoms with E-state index in [0.717, 1.165) is 61.8 Å². The van der Waals surface area contributed by atoms with Crippen LogP contribution in [0, 0.1) is 6.92 Å². The lowest BCUT2D eigenvalue weighted by Gasteiger charge is -2.20. The molecule has 5 heteroatoms. The summed E-state index contributed by atoms with van der Waals surface area (Å²) in [4.78, 5) is 0. The van der Waals surface area contributed by atoms with E-state index in [1.165, 1.54) is 0 Å². The Morgan fingerprint density at radius 1 is 0.482 bits per heavy atom. The van der Waals surface area contributed by atoms with Crippen LogP contribution in [0.15, 0.2) is 164 Å². The monoisotopic (exact) mass is 743 g/mol. The van der Waals surface area contributed by atoms with Crippen LogP contribution in [0.2, 0.25) is 0 Å². The molecule has 0 amide bonds. The maximum absolute atomic E-state index is 6.51. The summed E-state index contributed by atoms with van der Waals surface area (Å²) in [5.41, 5.74) is 9.66. The zero-order valence-corrected chi connectivity index (χ0v) is 33.1. The van der Waals surface area contributed by atoms with Crippen LogP contribution in [0.3, 0.4) is 0 Å². The van der Waals surface area contributed by atoms with Crippen molar-refractivity contribution in [2.75, 3.05) is 5.32 Å². The molecule has 0 aliphatic carbocycles. The van der Waals surface area contributed by atoms with Crippen LogP contribution in [-0.2, 0) is 22.7 Å². The van der Waals surface area contributed by atoms with Crippen LogP contribution in [0.5, 0.6) is 11.5 Å². The van der Waals surface area contributed by atoms with Crippen LogP contribution in [0.25, 0.3) is 12.2 Å². The molecule has 0 aliphatic heterocycles. The molecular weight excluding hydrogens is 691 g/mol.